The molecule has 4 N–H and O–H groups in total. The van der Waals surface area contributed by atoms with Gasteiger partial charge in [0.15, 0.2) is 0 Å². The highest BCUT2D eigenvalue weighted by Crippen LogP contribution is 2.46. The smallest absolute Gasteiger partial charge is 0.335 e. The zero-order chi connectivity index (χ0) is 27.6. The third-order valence-corrected chi connectivity index (χ3v) is 7.18. The average Bonchev–Trinajstić information content (AvgIpc) is 2.85. The van der Waals surface area contributed by atoms with Crippen LogP contribution in [-0.4, -0.2) is 39.4 Å². The predicted octanol–water partition coefficient (Wildman–Crippen LogP) is 4.32. The van der Waals surface area contributed by atoms with E-state index in [1.165, 1.54) is 31.2 Å². The molecule has 0 aliphatic heterocycles. The summed E-state index contributed by atoms with van der Waals surface area (Å²) >= 11 is 0. The number of hydrogen-bond donors (Lipinski definition) is 4. The van der Waals surface area contributed by atoms with Crippen LogP contribution < -0.4 is 10.6 Å². The number of carbonyl (C=O) groups excluding carboxylic acids is 3. The van der Waals surface area contributed by atoms with Crippen LogP contribution in [-0.2, 0) is 14.4 Å². The summed E-state index contributed by atoms with van der Waals surface area (Å²) < 4.78 is 0. The second kappa shape index (κ2) is 10.6. The number of carboxylic acid groups (broad SMARTS) is 1. The maximum atomic E-state index is 13.8. The Morgan fingerprint density at radius 1 is 0.816 bits per heavy atom. The summed E-state index contributed by atoms with van der Waals surface area (Å²) in [6.45, 7) is 5.07. The van der Waals surface area contributed by atoms with E-state index in [0.29, 0.717) is 16.9 Å². The Morgan fingerprint density at radius 2 is 1.32 bits per heavy atom. The summed E-state index contributed by atoms with van der Waals surface area (Å²) in [5.74, 6) is -6.32. The molecule has 0 bridgehead atoms. The Hall–Kier alpha value is -4.30. The van der Waals surface area contributed by atoms with E-state index in [4.69, 9.17) is 0 Å². The second-order valence-electron chi connectivity index (χ2n) is 10.0. The average molecular weight is 515 g/mol. The van der Waals surface area contributed by atoms with Crippen molar-refractivity contribution in [2.24, 2.45) is 11.8 Å². The number of Topliss-reactive ketones (excluding diaryl/α,β-unsaturated/α-hetero) is 1. The van der Waals surface area contributed by atoms with Crippen molar-refractivity contribution in [3.63, 3.8) is 0 Å². The lowest BCUT2D eigenvalue weighted by molar-refractivity contribution is -0.150. The van der Waals surface area contributed by atoms with E-state index < -0.39 is 53.3 Å². The first-order chi connectivity index (χ1) is 18.0. The third-order valence-electron chi connectivity index (χ3n) is 7.18. The maximum absolute atomic E-state index is 13.8. The van der Waals surface area contributed by atoms with Gasteiger partial charge in [-0.3, -0.25) is 14.4 Å². The number of carbonyl (C=O) groups is 4. The van der Waals surface area contributed by atoms with Gasteiger partial charge in [0.2, 0.25) is 11.8 Å². The van der Waals surface area contributed by atoms with Crippen LogP contribution in [0.4, 0.5) is 11.4 Å². The van der Waals surface area contributed by atoms with Crippen LogP contribution in [0.1, 0.15) is 46.3 Å². The Morgan fingerprint density at radius 3 is 1.82 bits per heavy atom. The van der Waals surface area contributed by atoms with Crippen molar-refractivity contribution in [2.45, 2.75) is 38.7 Å². The molecule has 0 heterocycles. The van der Waals surface area contributed by atoms with Crippen LogP contribution in [0.25, 0.3) is 0 Å². The molecule has 4 rings (SSSR count). The van der Waals surface area contributed by atoms with Gasteiger partial charge in [0.1, 0.15) is 11.7 Å². The van der Waals surface area contributed by atoms with Crippen molar-refractivity contribution in [3.05, 3.63) is 95.1 Å². The highest BCUT2D eigenvalue weighted by Gasteiger charge is 2.56. The molecule has 0 saturated heterocycles. The molecule has 4 unspecified atom stereocenters. The number of benzene rings is 3. The monoisotopic (exact) mass is 514 g/mol. The molecular formula is C30H30N2O6. The Kier molecular flexibility index (Phi) is 7.46. The number of amides is 2. The zero-order valence-electron chi connectivity index (χ0n) is 21.4. The first-order valence-electron chi connectivity index (χ1n) is 12.3. The molecule has 3 aromatic rings. The summed E-state index contributed by atoms with van der Waals surface area (Å²) in [5.41, 5.74) is 1.34. The molecule has 8 nitrogen and oxygen atoms in total. The summed E-state index contributed by atoms with van der Waals surface area (Å²) in [6.07, 6.45) is -0.394. The summed E-state index contributed by atoms with van der Waals surface area (Å²) in [5, 5.41) is 26.5. The molecular weight excluding hydrogens is 484 g/mol. The molecule has 196 valence electrons. The topological polar surface area (TPSA) is 133 Å². The van der Waals surface area contributed by atoms with Crippen molar-refractivity contribution in [2.75, 3.05) is 10.6 Å². The van der Waals surface area contributed by atoms with Crippen molar-refractivity contribution in [3.8, 4) is 0 Å². The first kappa shape index (κ1) is 26.8. The molecule has 8 heteroatoms. The number of anilines is 2. The Balaban J connectivity index is 1.80. The number of ketones is 1. The molecule has 1 aliphatic carbocycles. The molecule has 1 saturated carbocycles. The van der Waals surface area contributed by atoms with Gasteiger partial charge >= 0.3 is 5.97 Å². The highest BCUT2D eigenvalue weighted by atomic mass is 16.4. The van der Waals surface area contributed by atoms with Crippen LogP contribution in [0.2, 0.25) is 0 Å². The summed E-state index contributed by atoms with van der Waals surface area (Å²) in [4.78, 5) is 52.3. The van der Waals surface area contributed by atoms with Crippen molar-refractivity contribution in [1.29, 1.82) is 0 Å². The SMILES string of the molecule is Cc1ccccc1NC(=O)C1C(=O)CC(C)(O)C(C(=O)Nc2ccccc2C)C1c1ccc(C(=O)O)cc1. The predicted molar refractivity (Wildman–Crippen MR) is 143 cm³/mol. The van der Waals surface area contributed by atoms with E-state index in [1.54, 1.807) is 24.3 Å². The number of rotatable bonds is 6. The number of aryl methyl sites for hydroxylation is 2. The van der Waals surface area contributed by atoms with E-state index in [2.05, 4.69) is 10.6 Å². The zero-order valence-corrected chi connectivity index (χ0v) is 21.4. The van der Waals surface area contributed by atoms with Crippen molar-refractivity contribution < 1.29 is 29.4 Å². The van der Waals surface area contributed by atoms with Gasteiger partial charge in [-0.25, -0.2) is 4.79 Å². The third kappa shape index (κ3) is 5.35. The fourth-order valence-electron chi connectivity index (χ4n) is 5.19. The van der Waals surface area contributed by atoms with Gasteiger partial charge in [-0.05, 0) is 61.7 Å². The molecule has 2 amide bonds. The standard InChI is InChI=1S/C30H30N2O6/c1-17-8-4-6-10-21(17)31-27(34)25-23(33)16-30(3,38)26(28(35)32-22-11-7-5-9-18(22)2)24(25)19-12-14-20(15-13-19)29(36)37/h4-15,24-26,38H,16H2,1-3H3,(H,31,34)(H,32,35)(H,36,37). The van der Waals surface area contributed by atoms with E-state index >= 15 is 0 Å². The van der Waals surface area contributed by atoms with Gasteiger partial charge in [-0.1, -0.05) is 48.5 Å². The number of aromatic carboxylic acids is 1. The van der Waals surface area contributed by atoms with Crippen LogP contribution in [0.15, 0.2) is 72.8 Å². The number of aliphatic hydroxyl groups is 1. The molecule has 1 fully saturated rings. The lowest BCUT2D eigenvalue weighted by atomic mass is 9.61. The quantitative estimate of drug-likeness (QED) is 0.362. The number of carboxylic acids is 1. The fraction of sp³-hybridized carbons (Fsp3) is 0.267. The van der Waals surface area contributed by atoms with E-state index in [-0.39, 0.29) is 5.56 Å². The second-order valence-corrected chi connectivity index (χ2v) is 10.0. The minimum Gasteiger partial charge on any atom is -0.478 e. The largest absolute Gasteiger partial charge is 0.478 e. The molecule has 3 aromatic carbocycles. The van der Waals surface area contributed by atoms with E-state index in [0.717, 1.165) is 11.1 Å². The molecule has 4 atom stereocenters. The molecule has 0 aromatic heterocycles. The van der Waals surface area contributed by atoms with Crippen LogP contribution >= 0.6 is 0 Å². The van der Waals surface area contributed by atoms with Gasteiger partial charge in [0, 0.05) is 23.7 Å². The number of hydrogen-bond acceptors (Lipinski definition) is 5. The minimum atomic E-state index is -1.76. The highest BCUT2D eigenvalue weighted by molar-refractivity contribution is 6.10. The van der Waals surface area contributed by atoms with Crippen molar-refractivity contribution in [1.82, 2.24) is 0 Å². The first-order valence-corrected chi connectivity index (χ1v) is 12.3. The summed E-state index contributed by atoms with van der Waals surface area (Å²) in [7, 11) is 0. The van der Waals surface area contributed by atoms with Crippen LogP contribution in [0, 0.1) is 25.7 Å². The normalized spacial score (nSPS) is 22.9. The molecule has 0 spiro atoms. The lowest BCUT2D eigenvalue weighted by Gasteiger charge is -2.44. The van der Waals surface area contributed by atoms with E-state index in [9.17, 15) is 29.4 Å². The number of para-hydroxylation sites is 2. The van der Waals surface area contributed by atoms with Gasteiger partial charge in [0.25, 0.3) is 0 Å². The van der Waals surface area contributed by atoms with Gasteiger partial charge in [-0.15, -0.1) is 0 Å². The van der Waals surface area contributed by atoms with Gasteiger partial charge in [0.05, 0.1) is 17.1 Å². The molecule has 0 radical (unpaired) electrons. The lowest BCUT2D eigenvalue weighted by Crippen LogP contribution is -2.56. The Labute approximate surface area is 220 Å². The Bertz CT molecular complexity index is 1400. The number of nitrogens with one attached hydrogen (secondary N) is 2. The van der Waals surface area contributed by atoms with Gasteiger partial charge < -0.3 is 20.8 Å². The van der Waals surface area contributed by atoms with E-state index in [1.807, 2.05) is 38.1 Å². The fourth-order valence-corrected chi connectivity index (χ4v) is 5.19. The summed E-state index contributed by atoms with van der Waals surface area (Å²) in [6, 6.07) is 20.0. The van der Waals surface area contributed by atoms with Gasteiger partial charge in [-0.2, -0.15) is 0 Å². The van der Waals surface area contributed by atoms with Crippen molar-refractivity contribution >= 4 is 34.9 Å². The van der Waals surface area contributed by atoms with Crippen LogP contribution in [0.3, 0.4) is 0 Å². The maximum Gasteiger partial charge on any atom is 0.335 e. The minimum absolute atomic E-state index is 0.0180. The van der Waals surface area contributed by atoms with Crippen LogP contribution in [0.5, 0.6) is 0 Å². The molecule has 1 aliphatic rings. The molecule has 38 heavy (non-hydrogen) atoms.